The highest BCUT2D eigenvalue weighted by atomic mass is 31.1. The van der Waals surface area contributed by atoms with Crippen LogP contribution in [0.3, 0.4) is 0 Å². The van der Waals surface area contributed by atoms with Crippen LogP contribution in [0.1, 0.15) is 80.1 Å². The second-order valence-electron chi connectivity index (χ2n) is 7.62. The van der Waals surface area contributed by atoms with Crippen LogP contribution >= 0.6 is 8.69 Å². The Hall–Kier alpha value is -1.51. The monoisotopic (exact) mass is 407 g/mol. The van der Waals surface area contributed by atoms with E-state index in [0.29, 0.717) is 6.54 Å². The molecular weight excluding hydrogens is 369 g/mol. The van der Waals surface area contributed by atoms with Crippen LogP contribution in [-0.4, -0.2) is 18.6 Å². The molecule has 0 heterocycles. The Labute approximate surface area is 173 Å². The molecule has 0 aromatic carbocycles. The van der Waals surface area contributed by atoms with E-state index in [1.165, 1.54) is 22.3 Å². The lowest BCUT2D eigenvalue weighted by atomic mass is 10.0. The van der Waals surface area contributed by atoms with Crippen molar-refractivity contribution in [1.82, 2.24) is 5.32 Å². The molecule has 158 valence electrons. The van der Waals surface area contributed by atoms with Crippen LogP contribution in [-0.2, 0) is 13.9 Å². The Morgan fingerprint density at radius 3 is 1.79 bits per heavy atom. The second-order valence-corrected chi connectivity index (χ2v) is 7.98. The average Bonchev–Trinajstić information content (AvgIpc) is 2.61. The van der Waals surface area contributed by atoms with Gasteiger partial charge in [0.15, 0.2) is 0 Å². The molecule has 0 fully saturated rings. The standard InChI is InChI=1S/C23H38NO3P/c1-18(2)10-7-11-19(3)12-8-13-20(4)14-9-15-21(5)16-17-24-23(25)22(6)27-28-26/h10,12,14,16,22H,7-9,11,13,15,17H2,1-6H3,(H,24,25)/b19-12+,20-14+,21-16+. The summed E-state index contributed by atoms with van der Waals surface area (Å²) in [6, 6.07) is 0. The number of carbonyl (C=O) groups is 1. The summed E-state index contributed by atoms with van der Waals surface area (Å²) in [4.78, 5) is 11.6. The zero-order valence-electron chi connectivity index (χ0n) is 18.5. The lowest BCUT2D eigenvalue weighted by Crippen LogP contribution is -2.33. The van der Waals surface area contributed by atoms with E-state index in [-0.39, 0.29) is 5.91 Å². The molecule has 0 saturated heterocycles. The molecule has 0 rings (SSSR count). The molecule has 5 heteroatoms. The minimum atomic E-state index is -0.705. The van der Waals surface area contributed by atoms with Gasteiger partial charge in [-0.25, -0.2) is 4.57 Å². The summed E-state index contributed by atoms with van der Waals surface area (Å²) in [5.41, 5.74) is 5.54. The maximum absolute atomic E-state index is 11.6. The summed E-state index contributed by atoms with van der Waals surface area (Å²) in [6.07, 6.45) is 14.8. The topological polar surface area (TPSA) is 55.4 Å². The molecule has 0 spiro atoms. The minimum absolute atomic E-state index is 0.257. The summed E-state index contributed by atoms with van der Waals surface area (Å²) < 4.78 is 15.0. The van der Waals surface area contributed by atoms with Crippen molar-refractivity contribution >= 4 is 14.6 Å². The number of amides is 1. The van der Waals surface area contributed by atoms with Gasteiger partial charge in [-0.2, -0.15) is 0 Å². The molecule has 28 heavy (non-hydrogen) atoms. The lowest BCUT2D eigenvalue weighted by molar-refractivity contribution is -0.126. The summed E-state index contributed by atoms with van der Waals surface area (Å²) >= 11 is 0. The molecule has 1 amide bonds. The first-order valence-electron chi connectivity index (χ1n) is 10.1. The van der Waals surface area contributed by atoms with Gasteiger partial charge < -0.3 is 5.32 Å². The first kappa shape index (κ1) is 26.5. The largest absolute Gasteiger partial charge is 0.350 e. The maximum atomic E-state index is 11.6. The van der Waals surface area contributed by atoms with Crippen LogP contribution in [0.5, 0.6) is 0 Å². The highest BCUT2D eigenvalue weighted by Crippen LogP contribution is 2.13. The molecule has 0 aromatic heterocycles. The number of hydrogen-bond acceptors (Lipinski definition) is 3. The molecule has 0 radical (unpaired) electrons. The number of hydrogen-bond donors (Lipinski definition) is 1. The quantitative estimate of drug-likeness (QED) is 0.253. The number of nitrogens with one attached hydrogen (secondary N) is 1. The zero-order valence-corrected chi connectivity index (χ0v) is 19.4. The normalized spacial score (nSPS) is 14.1. The van der Waals surface area contributed by atoms with Crippen molar-refractivity contribution in [2.24, 2.45) is 0 Å². The van der Waals surface area contributed by atoms with E-state index in [4.69, 9.17) is 4.52 Å². The third-order valence-corrected chi connectivity index (χ3v) is 4.85. The van der Waals surface area contributed by atoms with Crippen molar-refractivity contribution in [3.05, 3.63) is 46.6 Å². The van der Waals surface area contributed by atoms with Crippen LogP contribution in [0.2, 0.25) is 0 Å². The summed E-state index contributed by atoms with van der Waals surface area (Å²) in [7, 11) is -0.475. The van der Waals surface area contributed by atoms with Gasteiger partial charge in [-0.1, -0.05) is 46.6 Å². The molecular formula is C23H38NO3P. The smallest absolute Gasteiger partial charge is 0.328 e. The van der Waals surface area contributed by atoms with E-state index >= 15 is 0 Å². The first-order chi connectivity index (χ1) is 13.3. The van der Waals surface area contributed by atoms with E-state index in [1.807, 2.05) is 6.08 Å². The Kier molecular flexibility index (Phi) is 15.6. The van der Waals surface area contributed by atoms with Gasteiger partial charge in [-0.15, -0.1) is 0 Å². The number of rotatable bonds is 14. The van der Waals surface area contributed by atoms with Crippen molar-refractivity contribution in [2.75, 3.05) is 6.54 Å². The fourth-order valence-corrected chi connectivity index (χ4v) is 2.79. The van der Waals surface area contributed by atoms with E-state index in [2.05, 4.69) is 58.2 Å². The predicted molar refractivity (Wildman–Crippen MR) is 120 cm³/mol. The third kappa shape index (κ3) is 15.5. The molecule has 1 N–H and O–H groups in total. The Bertz CT molecular complexity index is 599. The summed E-state index contributed by atoms with van der Waals surface area (Å²) in [5.74, 6) is -0.257. The van der Waals surface area contributed by atoms with Gasteiger partial charge in [0.2, 0.25) is 5.91 Å². The summed E-state index contributed by atoms with van der Waals surface area (Å²) in [5, 5.41) is 2.75. The second kappa shape index (κ2) is 16.4. The molecule has 4 nitrogen and oxygen atoms in total. The average molecular weight is 408 g/mol. The van der Waals surface area contributed by atoms with E-state index in [9.17, 15) is 9.36 Å². The van der Waals surface area contributed by atoms with Crippen LogP contribution in [0.15, 0.2) is 46.6 Å². The van der Waals surface area contributed by atoms with Gasteiger partial charge in [-0.3, -0.25) is 9.32 Å². The Balaban J connectivity index is 4.07. The van der Waals surface area contributed by atoms with Gasteiger partial charge in [0.25, 0.3) is 0 Å². The van der Waals surface area contributed by atoms with Crippen molar-refractivity contribution in [2.45, 2.75) is 86.2 Å². The van der Waals surface area contributed by atoms with Crippen LogP contribution in [0.25, 0.3) is 0 Å². The highest BCUT2D eigenvalue weighted by molar-refractivity contribution is 7.17. The van der Waals surface area contributed by atoms with Crippen LogP contribution < -0.4 is 5.32 Å². The van der Waals surface area contributed by atoms with E-state index in [0.717, 1.165) is 38.5 Å². The Morgan fingerprint density at radius 2 is 1.32 bits per heavy atom. The molecule has 0 aliphatic heterocycles. The number of carbonyl (C=O) groups excluding carboxylic acids is 1. The molecule has 0 aromatic rings. The first-order valence-corrected chi connectivity index (χ1v) is 10.9. The summed E-state index contributed by atoms with van der Waals surface area (Å²) in [6.45, 7) is 12.8. The fourth-order valence-electron chi connectivity index (χ4n) is 2.57. The maximum Gasteiger partial charge on any atom is 0.328 e. The molecule has 0 bridgehead atoms. The van der Waals surface area contributed by atoms with Gasteiger partial charge in [0.05, 0.1) is 0 Å². The van der Waals surface area contributed by atoms with Crippen molar-refractivity contribution in [3.63, 3.8) is 0 Å². The van der Waals surface area contributed by atoms with Gasteiger partial charge in [0.1, 0.15) is 6.10 Å². The van der Waals surface area contributed by atoms with Gasteiger partial charge >= 0.3 is 8.69 Å². The molecule has 0 aliphatic carbocycles. The molecule has 1 atom stereocenters. The highest BCUT2D eigenvalue weighted by Gasteiger charge is 2.11. The SMILES string of the molecule is CC(C)=CCC/C(C)=C/CC/C(C)=C/CC/C(C)=C/CNC(=O)C(C)OP=O. The zero-order chi connectivity index (χ0) is 21.4. The molecule has 0 aliphatic rings. The van der Waals surface area contributed by atoms with Crippen LogP contribution in [0, 0.1) is 0 Å². The van der Waals surface area contributed by atoms with E-state index < -0.39 is 14.8 Å². The third-order valence-electron chi connectivity index (χ3n) is 4.45. The van der Waals surface area contributed by atoms with E-state index in [1.54, 1.807) is 6.92 Å². The van der Waals surface area contributed by atoms with Crippen molar-refractivity contribution < 1.29 is 13.9 Å². The fraction of sp³-hybridized carbons (Fsp3) is 0.609. The lowest BCUT2D eigenvalue weighted by Gasteiger charge is -2.07. The predicted octanol–water partition coefficient (Wildman–Crippen LogP) is 6.86. The van der Waals surface area contributed by atoms with Gasteiger partial charge in [-0.05, 0) is 80.1 Å². The van der Waals surface area contributed by atoms with Crippen molar-refractivity contribution in [3.8, 4) is 0 Å². The Morgan fingerprint density at radius 1 is 0.857 bits per heavy atom. The van der Waals surface area contributed by atoms with Crippen molar-refractivity contribution in [1.29, 1.82) is 0 Å². The molecule has 1 unspecified atom stereocenters. The number of allylic oxidation sites excluding steroid dienone is 7. The minimum Gasteiger partial charge on any atom is -0.350 e. The molecule has 0 saturated carbocycles. The van der Waals surface area contributed by atoms with Gasteiger partial charge in [0, 0.05) is 6.54 Å². The van der Waals surface area contributed by atoms with Crippen LogP contribution in [0.4, 0.5) is 0 Å².